The van der Waals surface area contributed by atoms with Gasteiger partial charge in [0.25, 0.3) is 0 Å². The highest BCUT2D eigenvalue weighted by molar-refractivity contribution is 5.86. The van der Waals surface area contributed by atoms with Gasteiger partial charge in [-0.3, -0.25) is 0 Å². The van der Waals surface area contributed by atoms with Crippen LogP contribution < -0.4 is 9.80 Å². The molecule has 1 aliphatic carbocycles. The Kier molecular flexibility index (Phi) is 4.00. The molecule has 150 valence electrons. The van der Waals surface area contributed by atoms with Gasteiger partial charge in [-0.05, 0) is 64.5 Å². The monoisotopic (exact) mass is 376 g/mol. The summed E-state index contributed by atoms with van der Waals surface area (Å²) in [4.78, 5) is 5.05. The highest BCUT2D eigenvalue weighted by atomic mass is 15.4. The SMILES string of the molecule is CCC1N(C)c2cc3c(cc2N1c1ccccc1C)C(C)(C)C(C)(C)C3(C)C. The summed E-state index contributed by atoms with van der Waals surface area (Å²) in [5.74, 6) is 0. The molecule has 2 aromatic rings. The number of fused-ring (bicyclic) bond motifs is 2. The number of rotatable bonds is 2. The van der Waals surface area contributed by atoms with Crippen LogP contribution >= 0.6 is 0 Å². The average molecular weight is 377 g/mol. The summed E-state index contributed by atoms with van der Waals surface area (Å²) in [7, 11) is 2.26. The lowest BCUT2D eigenvalue weighted by Gasteiger charge is -2.44. The van der Waals surface area contributed by atoms with Crippen LogP contribution in [0.2, 0.25) is 0 Å². The van der Waals surface area contributed by atoms with Crippen LogP contribution in [0, 0.1) is 12.3 Å². The van der Waals surface area contributed by atoms with E-state index in [9.17, 15) is 0 Å². The third-order valence-electron chi connectivity index (χ3n) is 8.71. The lowest BCUT2D eigenvalue weighted by atomic mass is 9.59. The van der Waals surface area contributed by atoms with Crippen molar-refractivity contribution in [1.82, 2.24) is 0 Å². The van der Waals surface area contributed by atoms with Crippen LogP contribution in [0.25, 0.3) is 0 Å². The molecule has 28 heavy (non-hydrogen) atoms. The van der Waals surface area contributed by atoms with Gasteiger partial charge < -0.3 is 9.80 Å². The van der Waals surface area contributed by atoms with E-state index < -0.39 is 0 Å². The number of aryl methyl sites for hydroxylation is 1. The summed E-state index contributed by atoms with van der Waals surface area (Å²) < 4.78 is 0. The van der Waals surface area contributed by atoms with Gasteiger partial charge in [-0.25, -0.2) is 0 Å². The summed E-state index contributed by atoms with van der Waals surface area (Å²) in [5, 5.41) is 0. The maximum absolute atomic E-state index is 2.57. The molecule has 0 saturated carbocycles. The zero-order valence-electron chi connectivity index (χ0n) is 19.1. The van der Waals surface area contributed by atoms with E-state index in [4.69, 9.17) is 0 Å². The molecule has 0 spiro atoms. The van der Waals surface area contributed by atoms with Crippen molar-refractivity contribution >= 4 is 17.1 Å². The first-order chi connectivity index (χ1) is 13.0. The van der Waals surface area contributed by atoms with Crippen molar-refractivity contribution < 1.29 is 0 Å². The van der Waals surface area contributed by atoms with Crippen LogP contribution in [-0.4, -0.2) is 13.2 Å². The van der Waals surface area contributed by atoms with Gasteiger partial charge in [-0.15, -0.1) is 0 Å². The molecule has 2 nitrogen and oxygen atoms in total. The molecule has 1 aliphatic heterocycles. The Morgan fingerprint density at radius 3 is 1.89 bits per heavy atom. The number of para-hydroxylation sites is 1. The highest BCUT2D eigenvalue weighted by Gasteiger charge is 2.57. The number of benzene rings is 2. The van der Waals surface area contributed by atoms with Crippen molar-refractivity contribution in [3.63, 3.8) is 0 Å². The Balaban J connectivity index is 1.99. The normalized spacial score (nSPS) is 23.7. The van der Waals surface area contributed by atoms with Gasteiger partial charge >= 0.3 is 0 Å². The first-order valence-corrected chi connectivity index (χ1v) is 10.7. The van der Waals surface area contributed by atoms with Crippen molar-refractivity contribution in [3.05, 3.63) is 53.1 Å². The van der Waals surface area contributed by atoms with Gasteiger partial charge in [-0.1, -0.05) is 66.7 Å². The number of anilines is 3. The van der Waals surface area contributed by atoms with E-state index in [1.165, 1.54) is 33.8 Å². The van der Waals surface area contributed by atoms with Gasteiger partial charge in [-0.2, -0.15) is 0 Å². The minimum Gasteiger partial charge on any atom is -0.352 e. The summed E-state index contributed by atoms with van der Waals surface area (Å²) in [6, 6.07) is 13.8. The Morgan fingerprint density at radius 1 is 0.821 bits per heavy atom. The highest BCUT2D eigenvalue weighted by Crippen LogP contribution is 2.63. The van der Waals surface area contributed by atoms with Gasteiger partial charge in [0.2, 0.25) is 0 Å². The molecule has 2 heteroatoms. The molecular weight excluding hydrogens is 340 g/mol. The minimum atomic E-state index is 0.126. The summed E-state index contributed by atoms with van der Waals surface area (Å²) in [6.45, 7) is 19.1. The maximum Gasteiger partial charge on any atom is 0.106 e. The zero-order valence-corrected chi connectivity index (χ0v) is 19.1. The second-order valence-corrected chi connectivity index (χ2v) is 10.4. The van der Waals surface area contributed by atoms with Crippen LogP contribution in [0.4, 0.5) is 17.1 Å². The summed E-state index contributed by atoms with van der Waals surface area (Å²) in [6.07, 6.45) is 1.44. The molecule has 0 bridgehead atoms. The topological polar surface area (TPSA) is 6.48 Å². The standard InChI is InChI=1S/C26H36N2/c1-10-23-27(9)21-15-18-19(25(5,6)26(7,8)24(18,3)4)16-22(21)28(23)20-14-12-11-13-17(20)2/h11-16,23H,10H2,1-9H3. The Labute approximate surface area is 171 Å². The predicted molar refractivity (Wildman–Crippen MR) is 122 cm³/mol. The van der Waals surface area contributed by atoms with Crippen LogP contribution in [-0.2, 0) is 10.8 Å². The Morgan fingerprint density at radius 2 is 1.36 bits per heavy atom. The Bertz CT molecular complexity index is 935. The van der Waals surface area contributed by atoms with Crippen molar-refractivity contribution in [3.8, 4) is 0 Å². The minimum absolute atomic E-state index is 0.126. The predicted octanol–water partition coefficient (Wildman–Crippen LogP) is 6.91. The van der Waals surface area contributed by atoms with Gasteiger partial charge in [0, 0.05) is 12.7 Å². The summed E-state index contributed by atoms with van der Waals surface area (Å²) in [5.41, 5.74) is 8.89. The van der Waals surface area contributed by atoms with E-state index in [1.807, 2.05) is 0 Å². The molecule has 4 rings (SSSR count). The molecule has 0 N–H and O–H groups in total. The lowest BCUT2D eigenvalue weighted by molar-refractivity contribution is 0.125. The lowest BCUT2D eigenvalue weighted by Crippen LogP contribution is -2.42. The van der Waals surface area contributed by atoms with Crippen LogP contribution in [0.15, 0.2) is 36.4 Å². The largest absolute Gasteiger partial charge is 0.352 e. The van der Waals surface area contributed by atoms with E-state index in [2.05, 4.69) is 109 Å². The van der Waals surface area contributed by atoms with Crippen LogP contribution in [0.1, 0.15) is 71.6 Å². The number of nitrogens with zero attached hydrogens (tertiary/aromatic N) is 2. The molecule has 1 atom stereocenters. The van der Waals surface area contributed by atoms with Crippen LogP contribution in [0.5, 0.6) is 0 Å². The van der Waals surface area contributed by atoms with Gasteiger partial charge in [0.1, 0.15) is 6.17 Å². The third kappa shape index (κ3) is 2.15. The smallest absolute Gasteiger partial charge is 0.106 e. The quantitative estimate of drug-likeness (QED) is 0.561. The molecule has 1 heterocycles. The second-order valence-electron chi connectivity index (χ2n) is 10.4. The molecule has 0 amide bonds. The fraction of sp³-hybridized carbons (Fsp3) is 0.538. The van der Waals surface area contributed by atoms with E-state index in [-0.39, 0.29) is 16.2 Å². The molecule has 0 radical (unpaired) electrons. The first-order valence-electron chi connectivity index (χ1n) is 10.7. The molecule has 0 saturated heterocycles. The number of hydrogen-bond acceptors (Lipinski definition) is 2. The molecule has 0 aromatic heterocycles. The molecule has 2 aromatic carbocycles. The third-order valence-corrected chi connectivity index (χ3v) is 8.71. The Hall–Kier alpha value is -1.96. The van der Waals surface area contributed by atoms with Crippen molar-refractivity contribution in [2.24, 2.45) is 5.41 Å². The van der Waals surface area contributed by atoms with Crippen molar-refractivity contribution in [1.29, 1.82) is 0 Å². The molecular formula is C26H36N2. The average Bonchev–Trinajstić information content (AvgIpc) is 2.96. The number of hydrogen-bond donors (Lipinski definition) is 0. The fourth-order valence-electron chi connectivity index (χ4n) is 5.62. The maximum atomic E-state index is 2.57. The fourth-order valence-corrected chi connectivity index (χ4v) is 5.62. The van der Waals surface area contributed by atoms with E-state index in [0.29, 0.717) is 6.17 Å². The zero-order chi connectivity index (χ0) is 20.6. The summed E-state index contributed by atoms with van der Waals surface area (Å²) >= 11 is 0. The van der Waals surface area contributed by atoms with Gasteiger partial charge in [0.15, 0.2) is 0 Å². The van der Waals surface area contributed by atoms with Gasteiger partial charge in [0.05, 0.1) is 11.4 Å². The molecule has 2 aliphatic rings. The molecule has 1 unspecified atom stereocenters. The van der Waals surface area contributed by atoms with Crippen molar-refractivity contribution in [2.75, 3.05) is 16.8 Å². The first kappa shape index (κ1) is 19.4. The van der Waals surface area contributed by atoms with E-state index >= 15 is 0 Å². The molecule has 0 fully saturated rings. The van der Waals surface area contributed by atoms with Crippen LogP contribution in [0.3, 0.4) is 0 Å². The van der Waals surface area contributed by atoms with E-state index in [1.54, 1.807) is 0 Å². The second kappa shape index (κ2) is 5.78. The van der Waals surface area contributed by atoms with Crippen molar-refractivity contribution in [2.45, 2.75) is 78.8 Å². The van der Waals surface area contributed by atoms with E-state index in [0.717, 1.165) is 6.42 Å².